The van der Waals surface area contributed by atoms with E-state index in [1.165, 1.54) is 6.07 Å². The molecule has 2 aromatic rings. The van der Waals surface area contributed by atoms with Crippen molar-refractivity contribution in [3.63, 3.8) is 0 Å². The summed E-state index contributed by atoms with van der Waals surface area (Å²) in [4.78, 5) is 11.2. The molecule has 0 aromatic heterocycles. The Balaban J connectivity index is 2.41. The van der Waals surface area contributed by atoms with E-state index >= 15 is 0 Å². The quantitative estimate of drug-likeness (QED) is 0.861. The molecule has 0 radical (unpaired) electrons. The number of hydrogen-bond donors (Lipinski definition) is 1. The van der Waals surface area contributed by atoms with E-state index in [1.807, 2.05) is 0 Å². The molecule has 0 bridgehead atoms. The zero-order chi connectivity index (χ0) is 16.2. The smallest absolute Gasteiger partial charge is 0.247 e. The zero-order valence-electron chi connectivity index (χ0n) is 11.6. The maximum absolute atomic E-state index is 12.8. The Morgan fingerprint density at radius 3 is 2.36 bits per heavy atom. The summed E-state index contributed by atoms with van der Waals surface area (Å²) in [7, 11) is -3.96. The average molecular weight is 319 g/mol. The third-order valence-corrected chi connectivity index (χ3v) is 4.33. The second-order valence-corrected chi connectivity index (χ2v) is 6.38. The van der Waals surface area contributed by atoms with Crippen LogP contribution in [0.1, 0.15) is 0 Å². The van der Waals surface area contributed by atoms with Gasteiger partial charge in [-0.1, -0.05) is 36.9 Å². The minimum Gasteiger partial charge on any atom is -0.323 e. The van der Waals surface area contributed by atoms with Crippen LogP contribution in [0.5, 0.6) is 0 Å². The molecule has 1 amide bonds. The lowest BCUT2D eigenvalue weighted by atomic mass is 10.1. The van der Waals surface area contributed by atoms with Crippen molar-refractivity contribution >= 4 is 21.4 Å². The SMILES string of the molecule is C=CC(=O)Nc1ccc(-c2ccccc2S(=O)(=O)CF)cc1. The molecule has 1 N–H and O–H groups in total. The first kappa shape index (κ1) is 15.9. The van der Waals surface area contributed by atoms with E-state index in [2.05, 4.69) is 11.9 Å². The fraction of sp³-hybridized carbons (Fsp3) is 0.0625. The lowest BCUT2D eigenvalue weighted by molar-refractivity contribution is -0.111. The summed E-state index contributed by atoms with van der Waals surface area (Å²) in [6.45, 7) is 3.36. The summed E-state index contributed by atoms with van der Waals surface area (Å²) in [6, 6.07) is 11.3. The van der Waals surface area contributed by atoms with Crippen molar-refractivity contribution < 1.29 is 17.6 Å². The van der Waals surface area contributed by atoms with Crippen molar-refractivity contribution in [3.05, 3.63) is 61.2 Å². The number of carbonyl (C=O) groups is 1. The van der Waals surface area contributed by atoms with E-state index in [4.69, 9.17) is 0 Å². The number of benzene rings is 2. The number of alkyl halides is 1. The van der Waals surface area contributed by atoms with Gasteiger partial charge in [0, 0.05) is 11.3 Å². The number of anilines is 1. The normalized spacial score (nSPS) is 11.0. The topological polar surface area (TPSA) is 63.2 Å². The Bertz CT molecular complexity index is 798. The lowest BCUT2D eigenvalue weighted by Crippen LogP contribution is -2.07. The van der Waals surface area contributed by atoms with Crippen LogP contribution in [0.4, 0.5) is 10.1 Å². The Morgan fingerprint density at radius 2 is 1.77 bits per heavy atom. The number of carbonyl (C=O) groups excluding carboxylic acids is 1. The fourth-order valence-electron chi connectivity index (χ4n) is 1.96. The van der Waals surface area contributed by atoms with Gasteiger partial charge in [-0.2, -0.15) is 0 Å². The summed E-state index contributed by atoms with van der Waals surface area (Å²) in [5, 5.41) is 2.59. The highest BCUT2D eigenvalue weighted by Crippen LogP contribution is 2.29. The molecule has 4 nitrogen and oxygen atoms in total. The highest BCUT2D eigenvalue weighted by Gasteiger charge is 2.18. The van der Waals surface area contributed by atoms with E-state index in [0.717, 1.165) is 6.08 Å². The number of rotatable bonds is 5. The first-order valence-corrected chi connectivity index (χ1v) is 8.05. The molecular formula is C16H14FNO3S. The summed E-state index contributed by atoms with van der Waals surface area (Å²) >= 11 is 0. The highest BCUT2D eigenvalue weighted by atomic mass is 32.2. The number of halogens is 1. The van der Waals surface area contributed by atoms with Gasteiger partial charge in [-0.15, -0.1) is 0 Å². The molecule has 22 heavy (non-hydrogen) atoms. The van der Waals surface area contributed by atoms with E-state index in [9.17, 15) is 17.6 Å². The first-order chi connectivity index (χ1) is 10.5. The highest BCUT2D eigenvalue weighted by molar-refractivity contribution is 7.91. The van der Waals surface area contributed by atoms with Crippen LogP contribution in [0.2, 0.25) is 0 Å². The molecule has 114 valence electrons. The van der Waals surface area contributed by atoms with Gasteiger partial charge in [0.1, 0.15) is 0 Å². The van der Waals surface area contributed by atoms with E-state index in [1.54, 1.807) is 42.5 Å². The molecule has 0 spiro atoms. The summed E-state index contributed by atoms with van der Waals surface area (Å²) in [6.07, 6.45) is 1.15. The summed E-state index contributed by atoms with van der Waals surface area (Å²) in [5.41, 5.74) is 1.59. The maximum atomic E-state index is 12.8. The number of nitrogens with one attached hydrogen (secondary N) is 1. The molecule has 0 atom stereocenters. The van der Waals surface area contributed by atoms with Crippen molar-refractivity contribution in [1.82, 2.24) is 0 Å². The van der Waals surface area contributed by atoms with Crippen molar-refractivity contribution in [3.8, 4) is 11.1 Å². The van der Waals surface area contributed by atoms with Crippen LogP contribution in [0.25, 0.3) is 11.1 Å². The van der Waals surface area contributed by atoms with Crippen molar-refractivity contribution in [2.24, 2.45) is 0 Å². The van der Waals surface area contributed by atoms with Crippen LogP contribution in [-0.4, -0.2) is 20.3 Å². The standard InChI is InChI=1S/C16H14FNO3S/c1-2-16(19)18-13-9-7-12(8-10-13)14-5-3-4-6-15(14)22(20,21)11-17/h2-10H,1,11H2,(H,18,19). The molecular weight excluding hydrogens is 305 g/mol. The van der Waals surface area contributed by atoms with Crippen molar-refractivity contribution in [1.29, 1.82) is 0 Å². The Hall–Kier alpha value is -2.47. The molecule has 0 aliphatic carbocycles. The maximum Gasteiger partial charge on any atom is 0.247 e. The van der Waals surface area contributed by atoms with E-state index in [-0.39, 0.29) is 10.8 Å². The molecule has 0 aliphatic rings. The predicted octanol–water partition coefficient (Wildman–Crippen LogP) is 3.18. The van der Waals surface area contributed by atoms with E-state index < -0.39 is 15.8 Å². The Labute approximate surface area is 128 Å². The molecule has 0 saturated heterocycles. The molecule has 2 rings (SSSR count). The lowest BCUT2D eigenvalue weighted by Gasteiger charge is -2.09. The van der Waals surface area contributed by atoms with Gasteiger partial charge in [-0.05, 0) is 29.8 Å². The molecule has 6 heteroatoms. The number of sulfone groups is 1. The number of amides is 1. The van der Waals surface area contributed by atoms with Gasteiger partial charge in [0.2, 0.25) is 15.7 Å². The van der Waals surface area contributed by atoms with Gasteiger partial charge in [0.25, 0.3) is 0 Å². The molecule has 0 saturated carbocycles. The molecule has 0 fully saturated rings. The third kappa shape index (κ3) is 3.40. The monoisotopic (exact) mass is 319 g/mol. The summed E-state index contributed by atoms with van der Waals surface area (Å²) < 4.78 is 36.4. The van der Waals surface area contributed by atoms with E-state index in [0.29, 0.717) is 16.8 Å². The van der Waals surface area contributed by atoms with Crippen LogP contribution in [-0.2, 0) is 14.6 Å². The second-order valence-electron chi connectivity index (χ2n) is 4.49. The first-order valence-electron chi connectivity index (χ1n) is 6.39. The molecule has 0 aliphatic heterocycles. The summed E-state index contributed by atoms with van der Waals surface area (Å²) in [5.74, 6) is -0.340. The molecule has 0 unspecified atom stereocenters. The van der Waals surface area contributed by atoms with Crippen molar-refractivity contribution in [2.45, 2.75) is 4.90 Å². The number of hydrogen-bond acceptors (Lipinski definition) is 3. The van der Waals surface area contributed by atoms with Crippen LogP contribution in [0, 0.1) is 0 Å². The van der Waals surface area contributed by atoms with Gasteiger partial charge in [0.15, 0.2) is 6.01 Å². The fourth-order valence-corrected chi connectivity index (χ4v) is 2.89. The predicted molar refractivity (Wildman–Crippen MR) is 83.9 cm³/mol. The molecule has 2 aromatic carbocycles. The van der Waals surface area contributed by atoms with Gasteiger partial charge < -0.3 is 5.32 Å². The van der Waals surface area contributed by atoms with Crippen LogP contribution < -0.4 is 5.32 Å². The largest absolute Gasteiger partial charge is 0.323 e. The Morgan fingerprint density at radius 1 is 1.14 bits per heavy atom. The van der Waals surface area contributed by atoms with Gasteiger partial charge >= 0.3 is 0 Å². The van der Waals surface area contributed by atoms with Crippen LogP contribution >= 0.6 is 0 Å². The average Bonchev–Trinajstić information content (AvgIpc) is 2.55. The van der Waals surface area contributed by atoms with Gasteiger partial charge in [-0.25, -0.2) is 12.8 Å². The minimum atomic E-state index is -3.96. The third-order valence-electron chi connectivity index (χ3n) is 3.01. The minimum absolute atomic E-state index is 0.0552. The van der Waals surface area contributed by atoms with Crippen LogP contribution in [0.3, 0.4) is 0 Å². The van der Waals surface area contributed by atoms with Crippen molar-refractivity contribution in [2.75, 3.05) is 11.3 Å². The zero-order valence-corrected chi connectivity index (χ0v) is 12.4. The Kier molecular flexibility index (Phi) is 4.72. The molecule has 0 heterocycles. The van der Waals surface area contributed by atoms with Gasteiger partial charge in [0.05, 0.1) is 4.90 Å². The van der Waals surface area contributed by atoms with Crippen LogP contribution in [0.15, 0.2) is 66.1 Å². The second kappa shape index (κ2) is 6.53. The van der Waals surface area contributed by atoms with Gasteiger partial charge in [-0.3, -0.25) is 4.79 Å².